The molecule has 1 aromatic heterocycles. The van der Waals surface area contributed by atoms with Crippen molar-refractivity contribution in [3.8, 4) is 0 Å². The van der Waals surface area contributed by atoms with Crippen LogP contribution in [0.15, 0.2) is 78.6 Å². The lowest BCUT2D eigenvalue weighted by Crippen LogP contribution is -2.29. The molecule has 1 atom stereocenters. The highest BCUT2D eigenvalue weighted by Crippen LogP contribution is 2.40. The van der Waals surface area contributed by atoms with Crippen LogP contribution in [-0.2, 0) is 16.1 Å². The molecule has 1 saturated heterocycles. The molecule has 0 spiro atoms. The fraction of sp³-hybridized carbons (Fsp3) is 0.125. The second kappa shape index (κ2) is 8.13. The van der Waals surface area contributed by atoms with E-state index < -0.39 is 17.7 Å². The highest BCUT2D eigenvalue weighted by molar-refractivity contribution is 6.46. The maximum atomic E-state index is 13.0. The van der Waals surface area contributed by atoms with E-state index in [0.717, 1.165) is 11.1 Å². The number of hydrogen-bond donors (Lipinski definition) is 1. The van der Waals surface area contributed by atoms with Crippen LogP contribution in [0.3, 0.4) is 0 Å². The Morgan fingerprint density at radius 2 is 1.63 bits per heavy atom. The standard InChI is InChI=1S/C24H19ClN2O3/c1-15-2-4-18(5-3-15)22(28)20-21(17-6-8-19(25)9-7-17)27(24(30)23(20)29)14-16-10-12-26-13-11-16/h2-13,21,28H,14H2,1H3/b22-20+. The zero-order chi connectivity index (χ0) is 21.3. The summed E-state index contributed by atoms with van der Waals surface area (Å²) in [6.45, 7) is 2.15. The number of aryl methyl sites for hydroxylation is 1. The second-order valence-corrected chi connectivity index (χ2v) is 7.64. The number of carbonyl (C=O) groups excluding carboxylic acids is 2. The normalized spacial score (nSPS) is 18.1. The van der Waals surface area contributed by atoms with Crippen molar-refractivity contribution in [2.75, 3.05) is 0 Å². The minimum Gasteiger partial charge on any atom is -0.507 e. The minimum atomic E-state index is -0.725. The molecule has 2 heterocycles. The summed E-state index contributed by atoms with van der Waals surface area (Å²) in [5.74, 6) is -1.55. The van der Waals surface area contributed by atoms with E-state index in [0.29, 0.717) is 16.1 Å². The van der Waals surface area contributed by atoms with Gasteiger partial charge in [0.1, 0.15) is 5.76 Å². The van der Waals surface area contributed by atoms with Crippen molar-refractivity contribution in [2.45, 2.75) is 19.5 Å². The molecule has 0 saturated carbocycles. The monoisotopic (exact) mass is 418 g/mol. The molecule has 6 heteroatoms. The van der Waals surface area contributed by atoms with E-state index in [4.69, 9.17) is 11.6 Å². The number of likely N-dealkylation sites (tertiary alicyclic amines) is 1. The van der Waals surface area contributed by atoms with Crippen molar-refractivity contribution >= 4 is 29.1 Å². The van der Waals surface area contributed by atoms with Gasteiger partial charge in [-0.25, -0.2) is 0 Å². The van der Waals surface area contributed by atoms with Crippen LogP contribution in [-0.4, -0.2) is 26.7 Å². The van der Waals surface area contributed by atoms with E-state index in [1.54, 1.807) is 60.9 Å². The lowest BCUT2D eigenvalue weighted by atomic mass is 9.95. The molecule has 1 amide bonds. The molecule has 1 N–H and O–H groups in total. The van der Waals surface area contributed by atoms with E-state index in [9.17, 15) is 14.7 Å². The highest BCUT2D eigenvalue weighted by Gasteiger charge is 2.46. The summed E-state index contributed by atoms with van der Waals surface area (Å²) in [4.78, 5) is 31.4. The third-order valence-corrected chi connectivity index (χ3v) is 5.40. The van der Waals surface area contributed by atoms with Crippen molar-refractivity contribution in [2.24, 2.45) is 0 Å². The molecule has 3 aromatic rings. The molecule has 0 bridgehead atoms. The molecule has 4 rings (SSSR count). The average Bonchev–Trinajstić information content (AvgIpc) is 3.00. The van der Waals surface area contributed by atoms with Crippen LogP contribution in [0.1, 0.15) is 28.3 Å². The molecule has 0 aliphatic carbocycles. The summed E-state index contributed by atoms with van der Waals surface area (Å²) in [5, 5.41) is 11.6. The third kappa shape index (κ3) is 3.72. The molecule has 2 aromatic carbocycles. The van der Waals surface area contributed by atoms with Crippen LogP contribution < -0.4 is 0 Å². The van der Waals surface area contributed by atoms with Crippen LogP contribution in [0.5, 0.6) is 0 Å². The SMILES string of the molecule is Cc1ccc(/C(O)=C2\C(=O)C(=O)N(Cc3ccncc3)C2c2ccc(Cl)cc2)cc1. The van der Waals surface area contributed by atoms with Crippen LogP contribution >= 0.6 is 11.6 Å². The molecule has 5 nitrogen and oxygen atoms in total. The molecule has 1 aliphatic rings. The van der Waals surface area contributed by atoms with Gasteiger partial charge in [-0.05, 0) is 42.3 Å². The zero-order valence-electron chi connectivity index (χ0n) is 16.2. The predicted molar refractivity (Wildman–Crippen MR) is 115 cm³/mol. The fourth-order valence-corrected chi connectivity index (χ4v) is 3.71. The van der Waals surface area contributed by atoms with Crippen molar-refractivity contribution < 1.29 is 14.7 Å². The number of Topliss-reactive ketones (excluding diaryl/α,β-unsaturated/α-hetero) is 1. The van der Waals surface area contributed by atoms with Crippen LogP contribution in [0.25, 0.3) is 5.76 Å². The fourth-order valence-electron chi connectivity index (χ4n) is 3.59. The Labute approximate surface area is 179 Å². The lowest BCUT2D eigenvalue weighted by molar-refractivity contribution is -0.140. The maximum absolute atomic E-state index is 13.0. The second-order valence-electron chi connectivity index (χ2n) is 7.20. The first-order chi connectivity index (χ1) is 14.5. The zero-order valence-corrected chi connectivity index (χ0v) is 17.0. The molecule has 0 radical (unpaired) electrons. The third-order valence-electron chi connectivity index (χ3n) is 5.15. The van der Waals surface area contributed by atoms with E-state index in [1.807, 2.05) is 19.1 Å². The van der Waals surface area contributed by atoms with Crippen LogP contribution in [0, 0.1) is 6.92 Å². The van der Waals surface area contributed by atoms with E-state index in [-0.39, 0.29) is 17.9 Å². The quantitative estimate of drug-likeness (QED) is 0.380. The van der Waals surface area contributed by atoms with Gasteiger partial charge in [0.25, 0.3) is 11.7 Å². The highest BCUT2D eigenvalue weighted by atomic mass is 35.5. The number of pyridine rings is 1. The number of ketones is 1. The number of benzene rings is 2. The van der Waals surface area contributed by atoms with Crippen molar-refractivity contribution in [1.29, 1.82) is 0 Å². The summed E-state index contributed by atoms with van der Waals surface area (Å²) in [5.41, 5.74) is 3.11. The van der Waals surface area contributed by atoms with E-state index in [1.165, 1.54) is 4.90 Å². The number of hydrogen-bond acceptors (Lipinski definition) is 4. The Bertz CT molecular complexity index is 1120. The molecule has 150 valence electrons. The molecular weight excluding hydrogens is 400 g/mol. The van der Waals surface area contributed by atoms with Gasteiger partial charge in [0.15, 0.2) is 0 Å². The van der Waals surface area contributed by atoms with Crippen molar-refractivity contribution in [3.63, 3.8) is 0 Å². The summed E-state index contributed by atoms with van der Waals surface area (Å²) in [6.07, 6.45) is 3.27. The topological polar surface area (TPSA) is 70.5 Å². The number of aromatic nitrogens is 1. The largest absolute Gasteiger partial charge is 0.507 e. The van der Waals surface area contributed by atoms with Gasteiger partial charge < -0.3 is 10.0 Å². The first-order valence-corrected chi connectivity index (χ1v) is 9.83. The van der Waals surface area contributed by atoms with Gasteiger partial charge in [0.05, 0.1) is 11.6 Å². The Hall–Kier alpha value is -3.44. The summed E-state index contributed by atoms with van der Waals surface area (Å²) in [7, 11) is 0. The average molecular weight is 419 g/mol. The van der Waals surface area contributed by atoms with Gasteiger partial charge in [0, 0.05) is 29.5 Å². The molecular formula is C24H19ClN2O3. The first kappa shape index (κ1) is 19.9. The smallest absolute Gasteiger partial charge is 0.295 e. The number of halogens is 1. The van der Waals surface area contributed by atoms with Crippen molar-refractivity contribution in [3.05, 3.63) is 106 Å². The van der Waals surface area contributed by atoms with E-state index >= 15 is 0 Å². The minimum absolute atomic E-state index is 0.0697. The number of rotatable bonds is 4. The Morgan fingerprint density at radius 1 is 1.00 bits per heavy atom. The van der Waals surface area contributed by atoms with Crippen LogP contribution in [0.4, 0.5) is 0 Å². The van der Waals surface area contributed by atoms with Crippen molar-refractivity contribution in [1.82, 2.24) is 9.88 Å². The van der Waals surface area contributed by atoms with Gasteiger partial charge in [-0.3, -0.25) is 14.6 Å². The van der Waals surface area contributed by atoms with Gasteiger partial charge in [-0.1, -0.05) is 53.6 Å². The lowest BCUT2D eigenvalue weighted by Gasteiger charge is -2.25. The Morgan fingerprint density at radius 3 is 2.27 bits per heavy atom. The van der Waals surface area contributed by atoms with Gasteiger partial charge in [-0.2, -0.15) is 0 Å². The first-order valence-electron chi connectivity index (χ1n) is 9.45. The molecule has 1 fully saturated rings. The summed E-state index contributed by atoms with van der Waals surface area (Å²) >= 11 is 6.04. The van der Waals surface area contributed by atoms with Gasteiger partial charge in [-0.15, -0.1) is 0 Å². The molecule has 1 unspecified atom stereocenters. The number of aliphatic hydroxyl groups is 1. The molecule has 30 heavy (non-hydrogen) atoms. The Balaban J connectivity index is 1.85. The number of amides is 1. The summed E-state index contributed by atoms with van der Waals surface area (Å²) < 4.78 is 0. The van der Waals surface area contributed by atoms with Gasteiger partial charge >= 0.3 is 0 Å². The number of aliphatic hydroxyl groups excluding tert-OH is 1. The molecule has 1 aliphatic heterocycles. The Kier molecular flexibility index (Phi) is 5.38. The summed E-state index contributed by atoms with van der Waals surface area (Å²) in [6, 6.07) is 17.0. The van der Waals surface area contributed by atoms with E-state index in [2.05, 4.69) is 4.98 Å². The van der Waals surface area contributed by atoms with Crippen LogP contribution in [0.2, 0.25) is 5.02 Å². The van der Waals surface area contributed by atoms with Gasteiger partial charge in [0.2, 0.25) is 0 Å². The predicted octanol–water partition coefficient (Wildman–Crippen LogP) is 4.67. The number of nitrogens with zero attached hydrogens (tertiary/aromatic N) is 2. The maximum Gasteiger partial charge on any atom is 0.295 e. The number of carbonyl (C=O) groups is 2.